The van der Waals surface area contributed by atoms with Crippen LogP contribution in [0.5, 0.6) is 0 Å². The number of carbonyl (C=O) groups is 1. The zero-order chi connectivity index (χ0) is 13.0. The first-order valence-electron chi connectivity index (χ1n) is 6.30. The first kappa shape index (κ1) is 13.4. The molecule has 0 spiro atoms. The lowest BCUT2D eigenvalue weighted by Crippen LogP contribution is -2.43. The van der Waals surface area contributed by atoms with Gasteiger partial charge in [0.15, 0.2) is 0 Å². The molecule has 1 amide bonds. The Morgan fingerprint density at radius 1 is 1.44 bits per heavy atom. The van der Waals surface area contributed by atoms with Crippen LogP contribution in [0.25, 0.3) is 0 Å². The minimum Gasteiger partial charge on any atom is -0.366 e. The normalized spacial score (nSPS) is 17.2. The first-order valence-corrected chi connectivity index (χ1v) is 7.53. The Labute approximate surface area is 113 Å². The smallest absolute Gasteiger partial charge is 0.249 e. The molecule has 98 valence electrons. The van der Waals surface area contributed by atoms with E-state index in [1.165, 1.54) is 19.3 Å². The molecule has 0 aromatic heterocycles. The highest BCUT2D eigenvalue weighted by molar-refractivity contribution is 8.00. The Balaban J connectivity index is 1.92. The van der Waals surface area contributed by atoms with E-state index in [2.05, 4.69) is 11.6 Å². The van der Waals surface area contributed by atoms with Crippen molar-refractivity contribution in [3.05, 3.63) is 35.4 Å². The fourth-order valence-electron chi connectivity index (χ4n) is 2.36. The summed E-state index contributed by atoms with van der Waals surface area (Å²) in [5, 5.41) is 3.46. The summed E-state index contributed by atoms with van der Waals surface area (Å²) in [7, 11) is 0. The summed E-state index contributed by atoms with van der Waals surface area (Å²) < 4.78 is 0.418. The zero-order valence-electron chi connectivity index (χ0n) is 10.7. The number of nitrogens with two attached hydrogens (primary N) is 1. The molecule has 3 nitrogen and oxygen atoms in total. The molecule has 0 unspecified atom stereocenters. The third kappa shape index (κ3) is 2.87. The summed E-state index contributed by atoms with van der Waals surface area (Å²) in [6.45, 7) is 1.71. The summed E-state index contributed by atoms with van der Waals surface area (Å²) in [6, 6.07) is 7.53. The number of nitrogens with one attached hydrogen (secondary N) is 1. The molecule has 1 aromatic carbocycles. The van der Waals surface area contributed by atoms with Gasteiger partial charge >= 0.3 is 0 Å². The van der Waals surface area contributed by atoms with E-state index in [4.69, 9.17) is 5.73 Å². The van der Waals surface area contributed by atoms with Crippen LogP contribution in [0.15, 0.2) is 24.3 Å². The van der Waals surface area contributed by atoms with Crippen LogP contribution in [0.3, 0.4) is 0 Å². The molecule has 1 fully saturated rings. The number of primary amides is 1. The van der Waals surface area contributed by atoms with Crippen molar-refractivity contribution in [1.82, 2.24) is 5.32 Å². The van der Waals surface area contributed by atoms with E-state index in [9.17, 15) is 4.79 Å². The van der Waals surface area contributed by atoms with Crippen LogP contribution >= 0.6 is 11.8 Å². The SMILES string of the molecule is CSC1(CNCc2ccccc2C(N)=O)CCC1. The third-order valence-corrected chi connectivity index (χ3v) is 5.16. The fourth-order valence-corrected chi connectivity index (χ4v) is 3.31. The molecule has 1 aromatic rings. The zero-order valence-corrected chi connectivity index (χ0v) is 11.6. The molecule has 1 aliphatic rings. The van der Waals surface area contributed by atoms with Crippen LogP contribution in [0.1, 0.15) is 35.2 Å². The van der Waals surface area contributed by atoms with Crippen LogP contribution in [-0.2, 0) is 6.54 Å². The predicted octanol–water partition coefficient (Wildman–Crippen LogP) is 2.16. The van der Waals surface area contributed by atoms with Crippen LogP contribution in [0.4, 0.5) is 0 Å². The van der Waals surface area contributed by atoms with E-state index in [-0.39, 0.29) is 5.91 Å². The van der Waals surface area contributed by atoms with Gasteiger partial charge < -0.3 is 11.1 Å². The number of amides is 1. The molecule has 0 saturated heterocycles. The van der Waals surface area contributed by atoms with E-state index >= 15 is 0 Å². The van der Waals surface area contributed by atoms with Crippen LogP contribution in [0, 0.1) is 0 Å². The second kappa shape index (κ2) is 5.76. The average Bonchev–Trinajstić information content (AvgIpc) is 2.33. The highest BCUT2D eigenvalue weighted by atomic mass is 32.2. The van der Waals surface area contributed by atoms with E-state index < -0.39 is 0 Å². The molecular formula is C14H20N2OS. The maximum Gasteiger partial charge on any atom is 0.249 e. The second-order valence-corrected chi connectivity index (χ2v) is 6.14. The van der Waals surface area contributed by atoms with Crippen molar-refractivity contribution >= 4 is 17.7 Å². The van der Waals surface area contributed by atoms with E-state index in [1.54, 1.807) is 6.07 Å². The molecular weight excluding hydrogens is 244 g/mol. The van der Waals surface area contributed by atoms with Gasteiger partial charge in [-0.15, -0.1) is 0 Å². The Bertz CT molecular complexity index is 424. The number of carbonyl (C=O) groups excluding carboxylic acids is 1. The Morgan fingerprint density at radius 3 is 2.72 bits per heavy atom. The molecule has 4 heteroatoms. The van der Waals surface area contributed by atoms with Gasteiger partial charge in [0.05, 0.1) is 0 Å². The van der Waals surface area contributed by atoms with E-state index in [1.807, 2.05) is 30.0 Å². The highest BCUT2D eigenvalue weighted by Crippen LogP contribution is 2.42. The molecule has 1 aliphatic carbocycles. The maximum absolute atomic E-state index is 11.3. The van der Waals surface area contributed by atoms with Gasteiger partial charge in [-0.05, 0) is 30.7 Å². The van der Waals surface area contributed by atoms with Gasteiger partial charge in [-0.3, -0.25) is 4.79 Å². The van der Waals surface area contributed by atoms with Crippen molar-refractivity contribution < 1.29 is 4.79 Å². The van der Waals surface area contributed by atoms with Crippen LogP contribution < -0.4 is 11.1 Å². The monoisotopic (exact) mass is 264 g/mol. The quantitative estimate of drug-likeness (QED) is 0.828. The Kier molecular flexibility index (Phi) is 4.30. The lowest BCUT2D eigenvalue weighted by Gasteiger charge is -2.40. The summed E-state index contributed by atoms with van der Waals surface area (Å²) in [6.07, 6.45) is 6.09. The number of benzene rings is 1. The molecule has 0 radical (unpaired) electrons. The van der Waals surface area contributed by atoms with Gasteiger partial charge in [0.25, 0.3) is 0 Å². The third-order valence-electron chi connectivity index (χ3n) is 3.74. The number of hydrogen-bond acceptors (Lipinski definition) is 3. The summed E-state index contributed by atoms with van der Waals surface area (Å²) in [4.78, 5) is 11.3. The predicted molar refractivity (Wildman–Crippen MR) is 76.8 cm³/mol. The molecule has 2 rings (SSSR count). The topological polar surface area (TPSA) is 55.1 Å². The van der Waals surface area contributed by atoms with Gasteiger partial charge in [0, 0.05) is 23.4 Å². The largest absolute Gasteiger partial charge is 0.366 e. The molecule has 0 bridgehead atoms. The molecule has 3 N–H and O–H groups in total. The van der Waals surface area contributed by atoms with Gasteiger partial charge in [-0.25, -0.2) is 0 Å². The standard InChI is InChI=1S/C14H20N2OS/c1-18-14(7-4-8-14)10-16-9-11-5-2-3-6-12(11)13(15)17/h2-3,5-6,16H,4,7-10H2,1H3,(H2,15,17). The minimum atomic E-state index is -0.351. The van der Waals surface area contributed by atoms with Crippen LogP contribution in [-0.4, -0.2) is 23.5 Å². The first-order chi connectivity index (χ1) is 8.67. The lowest BCUT2D eigenvalue weighted by molar-refractivity contribution is 0.0999. The number of hydrogen-bond donors (Lipinski definition) is 2. The van der Waals surface area contributed by atoms with Gasteiger partial charge in [0.1, 0.15) is 0 Å². The number of rotatable bonds is 6. The molecule has 0 heterocycles. The summed E-state index contributed by atoms with van der Waals surface area (Å²) in [5.41, 5.74) is 6.97. The highest BCUT2D eigenvalue weighted by Gasteiger charge is 2.35. The molecule has 1 saturated carbocycles. The van der Waals surface area contributed by atoms with Gasteiger partial charge in [-0.2, -0.15) is 11.8 Å². The number of thioether (sulfide) groups is 1. The minimum absolute atomic E-state index is 0.351. The molecule has 0 atom stereocenters. The maximum atomic E-state index is 11.3. The Hall–Kier alpha value is -1.00. The van der Waals surface area contributed by atoms with Crippen molar-refractivity contribution in [2.24, 2.45) is 5.73 Å². The van der Waals surface area contributed by atoms with Crippen molar-refractivity contribution in [1.29, 1.82) is 0 Å². The summed E-state index contributed by atoms with van der Waals surface area (Å²) >= 11 is 1.95. The van der Waals surface area contributed by atoms with Crippen molar-refractivity contribution in [2.45, 2.75) is 30.6 Å². The molecule has 0 aliphatic heterocycles. The van der Waals surface area contributed by atoms with Crippen molar-refractivity contribution in [2.75, 3.05) is 12.8 Å². The van der Waals surface area contributed by atoms with E-state index in [0.29, 0.717) is 16.9 Å². The van der Waals surface area contributed by atoms with Crippen LogP contribution in [0.2, 0.25) is 0 Å². The Morgan fingerprint density at radius 2 is 2.17 bits per heavy atom. The fraction of sp³-hybridized carbons (Fsp3) is 0.500. The van der Waals surface area contributed by atoms with Crippen molar-refractivity contribution in [3.8, 4) is 0 Å². The lowest BCUT2D eigenvalue weighted by atomic mass is 9.84. The van der Waals surface area contributed by atoms with E-state index in [0.717, 1.165) is 12.1 Å². The average molecular weight is 264 g/mol. The summed E-state index contributed by atoms with van der Waals surface area (Å²) in [5.74, 6) is -0.351. The van der Waals surface area contributed by atoms with Crippen molar-refractivity contribution in [3.63, 3.8) is 0 Å². The second-order valence-electron chi connectivity index (χ2n) is 4.87. The van der Waals surface area contributed by atoms with Gasteiger partial charge in [-0.1, -0.05) is 24.6 Å². The van der Waals surface area contributed by atoms with Gasteiger partial charge in [0.2, 0.25) is 5.91 Å². The molecule has 18 heavy (non-hydrogen) atoms.